The minimum Gasteiger partial charge on any atom is -0.442 e. The van der Waals surface area contributed by atoms with E-state index < -0.39 is 61.1 Å². The van der Waals surface area contributed by atoms with Crippen molar-refractivity contribution in [1.29, 1.82) is 0 Å². The van der Waals surface area contributed by atoms with E-state index in [-0.39, 0.29) is 0 Å². The molecule has 0 aliphatic carbocycles. The Hall–Kier alpha value is 1.24. The van der Waals surface area contributed by atoms with Gasteiger partial charge in [0.1, 0.15) is 0 Å². The van der Waals surface area contributed by atoms with Gasteiger partial charge in [-0.25, -0.2) is 0 Å². The lowest BCUT2D eigenvalue weighted by molar-refractivity contribution is 0.267. The lowest BCUT2D eigenvalue weighted by Gasteiger charge is -2.41. The molecule has 0 radical (unpaired) electrons. The number of hydrogen-bond acceptors (Lipinski definition) is 7. The summed E-state index contributed by atoms with van der Waals surface area (Å²) in [5, 5.41) is 0. The van der Waals surface area contributed by atoms with E-state index in [0.29, 0.717) is 0 Å². The molecule has 0 spiro atoms. The Bertz CT molecular complexity index is 466. The predicted octanol–water partition coefficient (Wildman–Crippen LogP) is 3.42. The van der Waals surface area contributed by atoms with Crippen LogP contribution in [0.2, 0.25) is 85.1 Å². The van der Waals surface area contributed by atoms with Gasteiger partial charge in [-0.15, -0.1) is 0 Å². The van der Waals surface area contributed by atoms with Crippen molar-refractivity contribution in [3.8, 4) is 0 Å². The maximum atomic E-state index is 10.1. The molecule has 0 aliphatic heterocycles. The van der Waals surface area contributed by atoms with Crippen LogP contribution in [0, 0.1) is 0 Å². The maximum absolute atomic E-state index is 10.1. The molecule has 1 atom stereocenters. The standard InChI is InChI=1S/C13H42O7Si7/c1-21(2)15-22(3)16-24(6,7)18-26(10,11)20-27(12,13)19-25(8,9)17-23(4,5)14/h14,21-22H,1-13H3. The highest BCUT2D eigenvalue weighted by Crippen LogP contribution is 2.26. The van der Waals surface area contributed by atoms with E-state index in [2.05, 4.69) is 32.7 Å². The third-order valence-electron chi connectivity index (χ3n) is 2.88. The van der Waals surface area contributed by atoms with Gasteiger partial charge in [-0.1, -0.05) is 0 Å². The summed E-state index contributed by atoms with van der Waals surface area (Å²) in [5.41, 5.74) is 0. The van der Waals surface area contributed by atoms with E-state index in [1.54, 1.807) is 13.1 Å². The van der Waals surface area contributed by atoms with Crippen LogP contribution >= 0.6 is 0 Å². The van der Waals surface area contributed by atoms with Crippen LogP contribution in [-0.2, 0) is 24.7 Å². The summed E-state index contributed by atoms with van der Waals surface area (Å²) in [4.78, 5) is 10.1. The highest BCUT2D eigenvalue weighted by atomic mass is 28.5. The van der Waals surface area contributed by atoms with Gasteiger partial charge in [0.2, 0.25) is 0 Å². The molecule has 0 bridgehead atoms. The van der Waals surface area contributed by atoms with Crippen molar-refractivity contribution in [3.63, 3.8) is 0 Å². The maximum Gasteiger partial charge on any atom is 0.320 e. The Morgan fingerprint density at radius 1 is 0.556 bits per heavy atom. The summed E-state index contributed by atoms with van der Waals surface area (Å²) in [6, 6.07) is 0. The zero-order chi connectivity index (χ0) is 21.9. The molecule has 0 saturated carbocycles. The molecule has 1 unspecified atom stereocenters. The average Bonchev–Trinajstić information content (AvgIpc) is 2.14. The molecular formula is C13H42O7Si7. The van der Waals surface area contributed by atoms with Gasteiger partial charge < -0.3 is 29.5 Å². The van der Waals surface area contributed by atoms with Crippen molar-refractivity contribution in [3.05, 3.63) is 0 Å². The third kappa shape index (κ3) is 14.8. The molecule has 0 fully saturated rings. The molecule has 0 heterocycles. The first kappa shape index (κ1) is 28.2. The van der Waals surface area contributed by atoms with Crippen LogP contribution in [0.5, 0.6) is 0 Å². The van der Waals surface area contributed by atoms with Crippen molar-refractivity contribution in [2.75, 3.05) is 0 Å². The van der Waals surface area contributed by atoms with Crippen LogP contribution in [0.25, 0.3) is 0 Å². The second-order valence-electron chi connectivity index (χ2n) is 9.32. The molecule has 0 aliphatic rings. The summed E-state index contributed by atoms with van der Waals surface area (Å²) in [5.74, 6) is 0. The van der Waals surface area contributed by atoms with E-state index >= 15 is 0 Å². The molecule has 164 valence electrons. The minimum atomic E-state index is -2.66. The first-order valence-electron chi connectivity index (χ1n) is 9.50. The molecule has 0 saturated heterocycles. The second-order valence-corrected chi connectivity index (χ2v) is 31.9. The van der Waals surface area contributed by atoms with Crippen molar-refractivity contribution in [1.82, 2.24) is 0 Å². The SMILES string of the molecule is C[SiH](C)O[SiH](C)O[Si](C)(C)O[Si](C)(C)O[Si](C)(C)O[Si](C)(C)O[Si](C)(C)O. The molecule has 0 amide bonds. The fourth-order valence-electron chi connectivity index (χ4n) is 3.27. The fourth-order valence-corrected chi connectivity index (χ4v) is 31.5. The van der Waals surface area contributed by atoms with Gasteiger partial charge in [0.15, 0.2) is 9.04 Å². The Balaban J connectivity index is 4.95. The van der Waals surface area contributed by atoms with Crippen LogP contribution < -0.4 is 0 Å². The van der Waals surface area contributed by atoms with Gasteiger partial charge in [0, 0.05) is 0 Å². The normalized spacial score (nSPS) is 16.1. The van der Waals surface area contributed by atoms with Crippen LogP contribution in [0.3, 0.4) is 0 Å². The molecule has 0 rings (SSSR count). The summed E-state index contributed by atoms with van der Waals surface area (Å²) in [6.07, 6.45) is 0. The van der Waals surface area contributed by atoms with Gasteiger partial charge in [-0.3, -0.25) is 0 Å². The highest BCUT2D eigenvalue weighted by molar-refractivity contribution is 6.89. The molecule has 27 heavy (non-hydrogen) atoms. The number of rotatable bonds is 12. The van der Waals surface area contributed by atoms with Crippen molar-refractivity contribution in [2.45, 2.75) is 85.1 Å². The first-order valence-corrected chi connectivity index (χ1v) is 28.5. The summed E-state index contributed by atoms with van der Waals surface area (Å²) < 4.78 is 37.2. The van der Waals surface area contributed by atoms with E-state index in [9.17, 15) is 4.80 Å². The Morgan fingerprint density at radius 3 is 1.22 bits per heavy atom. The predicted molar refractivity (Wildman–Crippen MR) is 128 cm³/mol. The molecule has 0 aromatic heterocycles. The van der Waals surface area contributed by atoms with Gasteiger partial charge in [0.05, 0.1) is 0 Å². The fraction of sp³-hybridized carbons (Fsp3) is 1.00. The van der Waals surface area contributed by atoms with Crippen LogP contribution in [0.1, 0.15) is 0 Å². The molecule has 14 heteroatoms. The van der Waals surface area contributed by atoms with Gasteiger partial charge in [-0.05, 0) is 85.1 Å². The smallest absolute Gasteiger partial charge is 0.320 e. The summed E-state index contributed by atoms with van der Waals surface area (Å²) in [6.45, 7) is 26.0. The molecule has 0 aromatic carbocycles. The molecule has 1 N–H and O–H groups in total. The zero-order valence-electron chi connectivity index (χ0n) is 19.6. The van der Waals surface area contributed by atoms with Gasteiger partial charge >= 0.3 is 42.8 Å². The van der Waals surface area contributed by atoms with Crippen molar-refractivity contribution >= 4 is 61.1 Å². The minimum absolute atomic E-state index is 1.10. The quantitative estimate of drug-likeness (QED) is 0.406. The highest BCUT2D eigenvalue weighted by Gasteiger charge is 2.46. The second kappa shape index (κ2) is 10.0. The van der Waals surface area contributed by atoms with Gasteiger partial charge in [0.25, 0.3) is 9.28 Å². The number of hydrogen-bond donors (Lipinski definition) is 1. The summed E-state index contributed by atoms with van der Waals surface area (Å²) >= 11 is 0. The Kier molecular flexibility index (Phi) is 10.5. The van der Waals surface area contributed by atoms with Crippen molar-refractivity contribution in [2.24, 2.45) is 0 Å². The van der Waals surface area contributed by atoms with E-state index in [0.717, 1.165) is 0 Å². The van der Waals surface area contributed by atoms with E-state index in [1.165, 1.54) is 0 Å². The van der Waals surface area contributed by atoms with Gasteiger partial charge in [-0.2, -0.15) is 0 Å². The van der Waals surface area contributed by atoms with E-state index in [4.69, 9.17) is 24.7 Å². The monoisotopic (exact) mass is 506 g/mol. The summed E-state index contributed by atoms with van der Waals surface area (Å²) in [7, 11) is -15.3. The Morgan fingerprint density at radius 2 is 0.889 bits per heavy atom. The third-order valence-corrected chi connectivity index (χ3v) is 26.0. The zero-order valence-corrected chi connectivity index (χ0v) is 26.9. The topological polar surface area (TPSA) is 75.6 Å². The average molecular weight is 507 g/mol. The molecule has 0 aromatic rings. The van der Waals surface area contributed by atoms with Crippen LogP contribution in [0.15, 0.2) is 0 Å². The first-order chi connectivity index (χ1) is 11.6. The largest absolute Gasteiger partial charge is 0.442 e. The lowest BCUT2D eigenvalue weighted by Crippen LogP contribution is -2.59. The van der Waals surface area contributed by atoms with Crippen LogP contribution in [-0.4, -0.2) is 65.9 Å². The lowest BCUT2D eigenvalue weighted by atomic mass is 11.9. The molecular weight excluding hydrogens is 465 g/mol. The van der Waals surface area contributed by atoms with Crippen LogP contribution in [0.4, 0.5) is 0 Å². The molecule has 7 nitrogen and oxygen atoms in total. The van der Waals surface area contributed by atoms with E-state index in [1.807, 2.05) is 39.3 Å². The Labute approximate surface area is 175 Å². The van der Waals surface area contributed by atoms with Crippen molar-refractivity contribution < 1.29 is 29.5 Å².